The first-order valence-corrected chi connectivity index (χ1v) is 14.2. The molecular formula is C26H34ClN3O5S. The van der Waals surface area contributed by atoms with Gasteiger partial charge >= 0.3 is 0 Å². The number of rotatable bonds is 10. The maximum atomic E-state index is 13.7. The molecule has 1 aliphatic carbocycles. The summed E-state index contributed by atoms with van der Waals surface area (Å²) in [7, 11) is -2.27. The summed E-state index contributed by atoms with van der Waals surface area (Å²) in [5, 5.41) is 3.40. The summed E-state index contributed by atoms with van der Waals surface area (Å²) in [4.78, 5) is 28.2. The topological polar surface area (TPSA) is 96.0 Å². The Hall–Kier alpha value is -2.78. The van der Waals surface area contributed by atoms with Gasteiger partial charge in [0.25, 0.3) is 0 Å². The third-order valence-electron chi connectivity index (χ3n) is 6.47. The van der Waals surface area contributed by atoms with Crippen molar-refractivity contribution < 1.29 is 22.7 Å². The Morgan fingerprint density at radius 2 is 1.86 bits per heavy atom. The van der Waals surface area contributed by atoms with E-state index in [1.807, 2.05) is 6.07 Å². The molecule has 1 atom stereocenters. The van der Waals surface area contributed by atoms with Gasteiger partial charge in [0.2, 0.25) is 21.8 Å². The highest BCUT2D eigenvalue weighted by atomic mass is 35.5. The summed E-state index contributed by atoms with van der Waals surface area (Å²) in [6, 6.07) is 11.4. The van der Waals surface area contributed by atoms with Crippen molar-refractivity contribution in [1.82, 2.24) is 10.2 Å². The lowest BCUT2D eigenvalue weighted by Gasteiger charge is -2.32. The van der Waals surface area contributed by atoms with Crippen LogP contribution in [-0.2, 0) is 26.2 Å². The maximum absolute atomic E-state index is 13.7. The minimum absolute atomic E-state index is 0.0929. The van der Waals surface area contributed by atoms with E-state index in [9.17, 15) is 18.0 Å². The molecule has 1 fully saturated rings. The predicted molar refractivity (Wildman–Crippen MR) is 142 cm³/mol. The number of nitrogens with zero attached hydrogens (tertiary/aromatic N) is 2. The number of benzene rings is 2. The molecular weight excluding hydrogens is 502 g/mol. The summed E-state index contributed by atoms with van der Waals surface area (Å²) >= 11 is 6.14. The second-order valence-corrected chi connectivity index (χ2v) is 11.6. The highest BCUT2D eigenvalue weighted by Crippen LogP contribution is 2.27. The van der Waals surface area contributed by atoms with E-state index in [2.05, 4.69) is 5.32 Å². The Balaban J connectivity index is 1.92. The molecule has 2 amide bonds. The monoisotopic (exact) mass is 535 g/mol. The van der Waals surface area contributed by atoms with Gasteiger partial charge in [0.15, 0.2) is 0 Å². The predicted octanol–water partition coefficient (Wildman–Crippen LogP) is 3.90. The third kappa shape index (κ3) is 7.13. The van der Waals surface area contributed by atoms with Gasteiger partial charge in [0.05, 0.1) is 19.1 Å². The molecule has 10 heteroatoms. The van der Waals surface area contributed by atoms with Crippen LogP contribution in [0.1, 0.15) is 43.7 Å². The van der Waals surface area contributed by atoms with Crippen molar-refractivity contribution in [2.45, 2.75) is 58.2 Å². The first kappa shape index (κ1) is 27.8. The zero-order valence-electron chi connectivity index (χ0n) is 21.2. The number of carbonyl (C=O) groups excluding carboxylic acids is 2. The number of carbonyl (C=O) groups is 2. The fourth-order valence-electron chi connectivity index (χ4n) is 4.39. The van der Waals surface area contributed by atoms with Crippen molar-refractivity contribution in [3.05, 3.63) is 58.6 Å². The molecule has 0 aromatic heterocycles. The molecule has 0 unspecified atom stereocenters. The van der Waals surface area contributed by atoms with Gasteiger partial charge in [-0.25, -0.2) is 8.42 Å². The van der Waals surface area contributed by atoms with E-state index in [0.717, 1.165) is 41.8 Å². The largest absolute Gasteiger partial charge is 0.497 e. The van der Waals surface area contributed by atoms with Crippen molar-refractivity contribution in [3.63, 3.8) is 0 Å². The summed E-state index contributed by atoms with van der Waals surface area (Å²) < 4.78 is 31.8. The standard InChI is InChI=1S/C26H34ClN3O5S/c1-18-12-13-21(27)15-24(18)30(36(4,33)34)17-25(31)29(16-20-8-7-11-23(14-20)35-3)19(2)26(32)28-22-9-5-6-10-22/h7-8,11-15,19,22H,5-6,9-10,16-17H2,1-4H3,(H,28,32)/t19-/m1/s1. The number of halogens is 1. The highest BCUT2D eigenvalue weighted by Gasteiger charge is 2.32. The Kier molecular flexibility index (Phi) is 9.24. The lowest BCUT2D eigenvalue weighted by molar-refractivity contribution is -0.139. The van der Waals surface area contributed by atoms with Crippen LogP contribution >= 0.6 is 11.6 Å². The summed E-state index contributed by atoms with van der Waals surface area (Å²) in [5.41, 5.74) is 1.74. The van der Waals surface area contributed by atoms with Crippen LogP contribution in [0.25, 0.3) is 0 Å². The third-order valence-corrected chi connectivity index (χ3v) is 7.84. The molecule has 1 N–H and O–H groups in total. The van der Waals surface area contributed by atoms with Crippen LogP contribution in [0.15, 0.2) is 42.5 Å². The van der Waals surface area contributed by atoms with E-state index in [1.54, 1.807) is 51.3 Å². The molecule has 0 heterocycles. The SMILES string of the molecule is COc1cccc(CN(C(=O)CN(c2cc(Cl)ccc2C)S(C)(=O)=O)[C@H](C)C(=O)NC2CCCC2)c1. The number of anilines is 1. The zero-order chi connectivity index (χ0) is 26.5. The Morgan fingerprint density at radius 3 is 2.50 bits per heavy atom. The molecule has 1 aliphatic rings. The van der Waals surface area contributed by atoms with Crippen LogP contribution in [-0.4, -0.2) is 57.1 Å². The van der Waals surface area contributed by atoms with E-state index in [4.69, 9.17) is 16.3 Å². The van der Waals surface area contributed by atoms with Crippen LogP contribution in [0.3, 0.4) is 0 Å². The number of hydrogen-bond donors (Lipinski definition) is 1. The fraction of sp³-hybridized carbons (Fsp3) is 0.462. The second-order valence-electron chi connectivity index (χ2n) is 9.24. The van der Waals surface area contributed by atoms with Crippen molar-refractivity contribution in [3.8, 4) is 5.75 Å². The van der Waals surface area contributed by atoms with Crippen LogP contribution < -0.4 is 14.4 Å². The van der Waals surface area contributed by atoms with Crippen LogP contribution in [0, 0.1) is 6.92 Å². The highest BCUT2D eigenvalue weighted by molar-refractivity contribution is 7.92. The molecule has 36 heavy (non-hydrogen) atoms. The summed E-state index contributed by atoms with van der Waals surface area (Å²) in [6.45, 7) is 3.06. The molecule has 8 nitrogen and oxygen atoms in total. The molecule has 2 aromatic carbocycles. The smallest absolute Gasteiger partial charge is 0.244 e. The lowest BCUT2D eigenvalue weighted by atomic mass is 10.1. The lowest BCUT2D eigenvalue weighted by Crippen LogP contribution is -2.52. The van der Waals surface area contributed by atoms with Crippen LogP contribution in [0.5, 0.6) is 5.75 Å². The summed E-state index contributed by atoms with van der Waals surface area (Å²) in [6.07, 6.45) is 5.00. The van der Waals surface area contributed by atoms with Gasteiger partial charge in [-0.05, 0) is 62.1 Å². The van der Waals surface area contributed by atoms with E-state index in [-0.39, 0.29) is 18.5 Å². The van der Waals surface area contributed by atoms with Crippen molar-refractivity contribution >= 4 is 39.1 Å². The van der Waals surface area contributed by atoms with E-state index in [1.165, 1.54) is 11.0 Å². The minimum atomic E-state index is -3.83. The number of sulfonamides is 1. The van der Waals surface area contributed by atoms with E-state index >= 15 is 0 Å². The quantitative estimate of drug-likeness (QED) is 0.498. The number of aryl methyl sites for hydroxylation is 1. The van der Waals surface area contributed by atoms with Gasteiger partial charge in [-0.3, -0.25) is 13.9 Å². The van der Waals surface area contributed by atoms with Crippen LogP contribution in [0.2, 0.25) is 5.02 Å². The fourth-order valence-corrected chi connectivity index (χ4v) is 5.45. The van der Waals surface area contributed by atoms with Crippen molar-refractivity contribution in [2.75, 3.05) is 24.2 Å². The number of ether oxygens (including phenoxy) is 1. The molecule has 3 rings (SSSR count). The van der Waals surface area contributed by atoms with Gasteiger partial charge in [-0.1, -0.05) is 42.6 Å². The average Bonchev–Trinajstić information content (AvgIpc) is 3.34. The van der Waals surface area contributed by atoms with Crippen molar-refractivity contribution in [2.24, 2.45) is 0 Å². The minimum Gasteiger partial charge on any atom is -0.497 e. The number of methoxy groups -OCH3 is 1. The number of amides is 2. The van der Waals surface area contributed by atoms with Crippen molar-refractivity contribution in [1.29, 1.82) is 0 Å². The average molecular weight is 536 g/mol. The van der Waals surface area contributed by atoms with Crippen LogP contribution in [0.4, 0.5) is 5.69 Å². The zero-order valence-corrected chi connectivity index (χ0v) is 22.7. The molecule has 0 spiro atoms. The molecule has 1 saturated carbocycles. The van der Waals surface area contributed by atoms with Gasteiger partial charge in [0, 0.05) is 17.6 Å². The normalized spacial score (nSPS) is 14.8. The maximum Gasteiger partial charge on any atom is 0.244 e. The number of hydrogen-bond acceptors (Lipinski definition) is 5. The Bertz CT molecular complexity index is 1200. The van der Waals surface area contributed by atoms with Gasteiger partial charge in [-0.15, -0.1) is 0 Å². The first-order chi connectivity index (χ1) is 17.0. The number of nitrogens with one attached hydrogen (secondary N) is 1. The molecule has 196 valence electrons. The molecule has 0 aliphatic heterocycles. The molecule has 0 radical (unpaired) electrons. The summed E-state index contributed by atoms with van der Waals surface area (Å²) in [5.74, 6) is -0.144. The Morgan fingerprint density at radius 1 is 1.17 bits per heavy atom. The molecule has 0 bridgehead atoms. The first-order valence-electron chi connectivity index (χ1n) is 12.0. The van der Waals surface area contributed by atoms with Gasteiger partial charge in [0.1, 0.15) is 18.3 Å². The van der Waals surface area contributed by atoms with Gasteiger partial charge in [-0.2, -0.15) is 0 Å². The molecule has 0 saturated heterocycles. The van der Waals surface area contributed by atoms with E-state index < -0.39 is 28.5 Å². The Labute approximate surface area is 218 Å². The van der Waals surface area contributed by atoms with E-state index in [0.29, 0.717) is 22.0 Å². The second kappa shape index (κ2) is 12.0. The molecule has 2 aromatic rings. The van der Waals surface area contributed by atoms with Gasteiger partial charge < -0.3 is 15.0 Å².